The van der Waals surface area contributed by atoms with Crippen LogP contribution in [-0.4, -0.2) is 26.9 Å². The Balaban J connectivity index is 2.58. The lowest BCUT2D eigenvalue weighted by atomic mass is 10.3. The SMILES string of the molecule is NC(=O)NN=Cc1c(O)n(-c2ccc(Cl)cc2)c(=O)[nH]c1=O. The minimum atomic E-state index is -0.946. The summed E-state index contributed by atoms with van der Waals surface area (Å²) in [7, 11) is 0. The van der Waals surface area contributed by atoms with E-state index in [4.69, 9.17) is 17.3 Å². The Morgan fingerprint density at radius 1 is 1.36 bits per heavy atom. The molecule has 1 aromatic heterocycles. The molecule has 2 aromatic rings. The van der Waals surface area contributed by atoms with Crippen LogP contribution in [0, 0.1) is 0 Å². The van der Waals surface area contributed by atoms with Gasteiger partial charge in [-0.05, 0) is 24.3 Å². The number of nitrogens with one attached hydrogen (secondary N) is 2. The van der Waals surface area contributed by atoms with Gasteiger partial charge in [0, 0.05) is 5.02 Å². The summed E-state index contributed by atoms with van der Waals surface area (Å²) in [5.41, 5.74) is 4.91. The van der Waals surface area contributed by atoms with Gasteiger partial charge >= 0.3 is 11.7 Å². The third-order valence-electron chi connectivity index (χ3n) is 2.57. The van der Waals surface area contributed by atoms with E-state index in [9.17, 15) is 19.5 Å². The van der Waals surface area contributed by atoms with Crippen molar-refractivity contribution in [1.29, 1.82) is 0 Å². The third kappa shape index (κ3) is 3.15. The number of primary amides is 1. The minimum absolute atomic E-state index is 0.278. The van der Waals surface area contributed by atoms with E-state index in [1.54, 1.807) is 0 Å². The number of hydrogen-bond donors (Lipinski definition) is 4. The number of halogens is 1. The molecule has 0 fully saturated rings. The molecule has 0 aliphatic rings. The first-order valence-corrected chi connectivity index (χ1v) is 6.20. The van der Waals surface area contributed by atoms with E-state index in [1.165, 1.54) is 24.3 Å². The van der Waals surface area contributed by atoms with E-state index in [0.717, 1.165) is 10.8 Å². The summed E-state index contributed by atoms with van der Waals surface area (Å²) in [5, 5.41) is 13.9. The number of aromatic nitrogens is 2. The average molecular weight is 324 g/mol. The molecule has 0 atom stereocenters. The predicted molar refractivity (Wildman–Crippen MR) is 79.6 cm³/mol. The molecule has 114 valence electrons. The van der Waals surface area contributed by atoms with E-state index < -0.39 is 23.2 Å². The highest BCUT2D eigenvalue weighted by Crippen LogP contribution is 2.17. The number of H-pyrrole nitrogens is 1. The van der Waals surface area contributed by atoms with E-state index in [0.29, 0.717) is 5.02 Å². The molecule has 0 aliphatic carbocycles. The predicted octanol–water partition coefficient (Wildman–Crippen LogP) is -0.113. The Labute approximate surface area is 127 Å². The fourth-order valence-electron chi connectivity index (χ4n) is 1.65. The van der Waals surface area contributed by atoms with Gasteiger partial charge in [0.15, 0.2) is 0 Å². The largest absolute Gasteiger partial charge is 0.493 e. The molecule has 0 spiro atoms. The fraction of sp³-hybridized carbons (Fsp3) is 0. The zero-order valence-corrected chi connectivity index (χ0v) is 11.7. The molecule has 5 N–H and O–H groups in total. The normalized spacial score (nSPS) is 10.8. The maximum absolute atomic E-state index is 11.9. The van der Waals surface area contributed by atoms with Crippen molar-refractivity contribution in [3.05, 3.63) is 55.7 Å². The van der Waals surface area contributed by atoms with Gasteiger partial charge < -0.3 is 10.8 Å². The molecule has 0 aliphatic heterocycles. The number of carbonyl (C=O) groups is 1. The lowest BCUT2D eigenvalue weighted by Crippen LogP contribution is -2.32. The van der Waals surface area contributed by atoms with E-state index in [2.05, 4.69) is 5.10 Å². The molecule has 1 aromatic carbocycles. The summed E-state index contributed by atoms with van der Waals surface area (Å²) in [6.07, 6.45) is 0.866. The van der Waals surface area contributed by atoms with Gasteiger partial charge in [0.2, 0.25) is 5.88 Å². The highest BCUT2D eigenvalue weighted by molar-refractivity contribution is 6.30. The molecule has 2 amide bonds. The summed E-state index contributed by atoms with van der Waals surface area (Å²) >= 11 is 5.75. The highest BCUT2D eigenvalue weighted by atomic mass is 35.5. The summed E-state index contributed by atoms with van der Waals surface area (Å²) in [6.45, 7) is 0. The van der Waals surface area contributed by atoms with E-state index in [-0.39, 0.29) is 11.3 Å². The minimum Gasteiger partial charge on any atom is -0.493 e. The topological polar surface area (TPSA) is 143 Å². The Kier molecular flexibility index (Phi) is 4.28. The van der Waals surface area contributed by atoms with Crippen LogP contribution in [0.25, 0.3) is 5.69 Å². The monoisotopic (exact) mass is 323 g/mol. The van der Waals surface area contributed by atoms with Crippen molar-refractivity contribution in [2.24, 2.45) is 10.8 Å². The number of hydrogen-bond acceptors (Lipinski definition) is 5. The number of urea groups is 1. The Morgan fingerprint density at radius 3 is 2.59 bits per heavy atom. The van der Waals surface area contributed by atoms with Gasteiger partial charge in [-0.3, -0.25) is 9.78 Å². The third-order valence-corrected chi connectivity index (χ3v) is 2.83. The van der Waals surface area contributed by atoms with Crippen LogP contribution in [0.5, 0.6) is 5.88 Å². The van der Waals surface area contributed by atoms with Gasteiger partial charge in [-0.1, -0.05) is 11.6 Å². The molecule has 22 heavy (non-hydrogen) atoms. The molecule has 0 radical (unpaired) electrons. The first-order chi connectivity index (χ1) is 10.4. The molecular formula is C12H10ClN5O4. The van der Waals surface area contributed by atoms with Crippen molar-refractivity contribution in [1.82, 2.24) is 15.0 Å². The molecule has 0 unspecified atom stereocenters. The van der Waals surface area contributed by atoms with Gasteiger partial charge in [-0.15, -0.1) is 0 Å². The van der Waals surface area contributed by atoms with Crippen LogP contribution in [-0.2, 0) is 0 Å². The molecule has 0 saturated heterocycles. The smallest absolute Gasteiger partial charge is 0.335 e. The summed E-state index contributed by atoms with van der Waals surface area (Å²) in [6, 6.07) is 5.03. The summed E-state index contributed by atoms with van der Waals surface area (Å²) in [5.74, 6) is -0.647. The second kappa shape index (κ2) is 6.14. The number of nitrogens with two attached hydrogens (primary N) is 1. The number of nitrogens with zero attached hydrogens (tertiary/aromatic N) is 2. The van der Waals surface area contributed by atoms with Crippen LogP contribution in [0.1, 0.15) is 5.56 Å². The highest BCUT2D eigenvalue weighted by Gasteiger charge is 2.14. The number of carbonyl (C=O) groups excluding carboxylic acids is 1. The van der Waals surface area contributed by atoms with Crippen molar-refractivity contribution in [2.75, 3.05) is 0 Å². The van der Waals surface area contributed by atoms with Crippen molar-refractivity contribution in [2.45, 2.75) is 0 Å². The van der Waals surface area contributed by atoms with Crippen molar-refractivity contribution in [3.8, 4) is 11.6 Å². The molecule has 0 saturated carbocycles. The summed E-state index contributed by atoms with van der Waals surface area (Å²) in [4.78, 5) is 36.1. The zero-order chi connectivity index (χ0) is 16.3. The molecule has 2 rings (SSSR count). The number of aromatic hydroxyl groups is 1. The number of rotatable bonds is 3. The zero-order valence-electron chi connectivity index (χ0n) is 10.9. The van der Waals surface area contributed by atoms with Crippen LogP contribution in [0.2, 0.25) is 5.02 Å². The quantitative estimate of drug-likeness (QED) is 0.461. The summed E-state index contributed by atoms with van der Waals surface area (Å²) < 4.78 is 0.851. The van der Waals surface area contributed by atoms with Crippen molar-refractivity contribution >= 4 is 23.8 Å². The van der Waals surface area contributed by atoms with Crippen LogP contribution < -0.4 is 22.4 Å². The van der Waals surface area contributed by atoms with Crippen LogP contribution in [0.15, 0.2) is 39.0 Å². The second-order valence-electron chi connectivity index (χ2n) is 4.04. The van der Waals surface area contributed by atoms with Crippen LogP contribution in [0.3, 0.4) is 0 Å². The van der Waals surface area contributed by atoms with Crippen LogP contribution in [0.4, 0.5) is 4.79 Å². The number of hydrazone groups is 1. The molecular weight excluding hydrogens is 314 g/mol. The van der Waals surface area contributed by atoms with Crippen molar-refractivity contribution < 1.29 is 9.90 Å². The number of aromatic amines is 1. The van der Waals surface area contributed by atoms with Gasteiger partial charge in [0.05, 0.1) is 11.9 Å². The molecule has 0 bridgehead atoms. The molecule has 9 nitrogen and oxygen atoms in total. The standard InChI is InChI=1S/C12H10ClN5O4/c13-6-1-3-7(4-2-6)18-10(20)8(5-15-17-11(14)21)9(19)16-12(18)22/h1-5,20H,(H3,14,17,21)(H,16,19,22). The molecule has 10 heteroatoms. The van der Waals surface area contributed by atoms with Gasteiger partial charge in [-0.25, -0.2) is 19.6 Å². The van der Waals surface area contributed by atoms with Gasteiger partial charge in [0.1, 0.15) is 5.56 Å². The lowest BCUT2D eigenvalue weighted by molar-refractivity contribution is 0.249. The van der Waals surface area contributed by atoms with Gasteiger partial charge in [-0.2, -0.15) is 5.10 Å². The first-order valence-electron chi connectivity index (χ1n) is 5.83. The Bertz CT molecular complexity index is 853. The number of benzene rings is 1. The maximum atomic E-state index is 11.9. The average Bonchev–Trinajstić information content (AvgIpc) is 2.44. The first kappa shape index (κ1) is 15.3. The Morgan fingerprint density at radius 2 is 2.00 bits per heavy atom. The second-order valence-corrected chi connectivity index (χ2v) is 4.48. The maximum Gasteiger partial charge on any atom is 0.335 e. The fourth-order valence-corrected chi connectivity index (χ4v) is 1.77. The number of amides is 2. The van der Waals surface area contributed by atoms with Gasteiger partial charge in [0.25, 0.3) is 5.56 Å². The van der Waals surface area contributed by atoms with E-state index >= 15 is 0 Å². The molecule has 1 heterocycles. The van der Waals surface area contributed by atoms with Crippen LogP contribution >= 0.6 is 11.6 Å². The van der Waals surface area contributed by atoms with E-state index in [1.807, 2.05) is 10.4 Å². The van der Waals surface area contributed by atoms with Crippen molar-refractivity contribution in [3.63, 3.8) is 0 Å². The lowest BCUT2D eigenvalue weighted by Gasteiger charge is -2.09. The Hall–Kier alpha value is -3.07.